The molecular weight excluding hydrogens is 304 g/mol. The number of hydrogen-bond donors (Lipinski definition) is 0. The maximum Gasteiger partial charge on any atom is 0.253 e. The molecule has 1 heterocycles. The molecule has 0 aromatic heterocycles. The Morgan fingerprint density at radius 2 is 1.89 bits per heavy atom. The minimum absolute atomic E-state index is 0.0453. The van der Waals surface area contributed by atoms with Crippen molar-refractivity contribution >= 4 is 21.8 Å². The summed E-state index contributed by atoms with van der Waals surface area (Å²) in [5.41, 5.74) is 2.02. The summed E-state index contributed by atoms with van der Waals surface area (Å²) in [6.45, 7) is 6.88. The fourth-order valence-electron chi connectivity index (χ4n) is 2.33. The third-order valence-electron chi connectivity index (χ3n) is 3.96. The first-order valence-corrected chi connectivity index (χ1v) is 7.71. The monoisotopic (exact) mass is 324 g/mol. The molecule has 0 aliphatic carbocycles. The Labute approximate surface area is 123 Å². The van der Waals surface area contributed by atoms with E-state index >= 15 is 0 Å². The van der Waals surface area contributed by atoms with Crippen molar-refractivity contribution in [1.29, 1.82) is 0 Å². The summed E-state index contributed by atoms with van der Waals surface area (Å²) in [5, 5.41) is 0.822. The Morgan fingerprint density at radius 1 is 1.26 bits per heavy atom. The van der Waals surface area contributed by atoms with Gasteiger partial charge in [-0.2, -0.15) is 0 Å². The van der Waals surface area contributed by atoms with Gasteiger partial charge in [-0.1, -0.05) is 28.1 Å². The SMILES string of the molecule is CN1CCN(C(=O)c2ccc(CBr)cc2)CC1(C)C. The molecule has 0 atom stereocenters. The highest BCUT2D eigenvalue weighted by Crippen LogP contribution is 2.20. The van der Waals surface area contributed by atoms with Gasteiger partial charge in [0.2, 0.25) is 0 Å². The first-order chi connectivity index (χ1) is 8.94. The second-order valence-electron chi connectivity index (χ2n) is 5.79. The number of piperazine rings is 1. The van der Waals surface area contributed by atoms with Gasteiger partial charge in [-0.15, -0.1) is 0 Å². The third kappa shape index (κ3) is 3.18. The number of benzene rings is 1. The van der Waals surface area contributed by atoms with Crippen molar-refractivity contribution in [2.75, 3.05) is 26.7 Å². The first-order valence-electron chi connectivity index (χ1n) is 6.59. The van der Waals surface area contributed by atoms with Crippen molar-refractivity contribution in [3.8, 4) is 0 Å². The minimum atomic E-state index is 0.0453. The Morgan fingerprint density at radius 3 is 2.42 bits per heavy atom. The van der Waals surface area contributed by atoms with Crippen molar-refractivity contribution in [3.63, 3.8) is 0 Å². The average Bonchev–Trinajstić information content (AvgIpc) is 2.41. The second-order valence-corrected chi connectivity index (χ2v) is 6.35. The lowest BCUT2D eigenvalue weighted by Gasteiger charge is -2.45. The highest BCUT2D eigenvalue weighted by molar-refractivity contribution is 9.08. The van der Waals surface area contributed by atoms with E-state index < -0.39 is 0 Å². The van der Waals surface area contributed by atoms with Crippen LogP contribution in [-0.2, 0) is 5.33 Å². The Hall–Kier alpha value is -0.870. The van der Waals surface area contributed by atoms with E-state index in [0.29, 0.717) is 0 Å². The van der Waals surface area contributed by atoms with E-state index in [4.69, 9.17) is 0 Å². The molecule has 1 aromatic rings. The maximum atomic E-state index is 12.5. The molecule has 2 rings (SSSR count). The number of carbonyl (C=O) groups is 1. The molecule has 1 amide bonds. The molecule has 104 valence electrons. The molecule has 1 saturated heterocycles. The van der Waals surface area contributed by atoms with Gasteiger partial charge in [0, 0.05) is 36.1 Å². The second kappa shape index (κ2) is 5.63. The van der Waals surface area contributed by atoms with E-state index in [2.05, 4.69) is 41.7 Å². The molecular formula is C15H21BrN2O. The number of amides is 1. The predicted octanol–water partition coefficient (Wildman–Crippen LogP) is 2.75. The topological polar surface area (TPSA) is 23.6 Å². The number of carbonyl (C=O) groups excluding carboxylic acids is 1. The summed E-state index contributed by atoms with van der Waals surface area (Å²) in [5.74, 6) is 0.141. The van der Waals surface area contributed by atoms with Gasteiger partial charge in [0.25, 0.3) is 5.91 Å². The van der Waals surface area contributed by atoms with E-state index in [1.54, 1.807) is 0 Å². The van der Waals surface area contributed by atoms with Crippen molar-refractivity contribution in [2.45, 2.75) is 24.7 Å². The lowest BCUT2D eigenvalue weighted by molar-refractivity contribution is 0.0311. The van der Waals surface area contributed by atoms with Crippen LogP contribution < -0.4 is 0 Å². The predicted molar refractivity (Wildman–Crippen MR) is 81.7 cm³/mol. The Kier molecular flexibility index (Phi) is 4.31. The lowest BCUT2D eigenvalue weighted by atomic mass is 9.99. The molecule has 0 radical (unpaired) electrons. The molecule has 1 aromatic carbocycles. The fourth-order valence-corrected chi connectivity index (χ4v) is 2.71. The van der Waals surface area contributed by atoms with Gasteiger partial charge in [-0.05, 0) is 38.6 Å². The smallest absolute Gasteiger partial charge is 0.253 e. The summed E-state index contributed by atoms with van der Waals surface area (Å²) in [6, 6.07) is 7.85. The van der Waals surface area contributed by atoms with Gasteiger partial charge in [0.1, 0.15) is 0 Å². The summed E-state index contributed by atoms with van der Waals surface area (Å²) in [6.07, 6.45) is 0. The lowest BCUT2D eigenvalue weighted by Crippen LogP contribution is -2.58. The molecule has 1 aliphatic heterocycles. The van der Waals surface area contributed by atoms with Crippen molar-refractivity contribution in [1.82, 2.24) is 9.80 Å². The first kappa shape index (κ1) is 14.5. The van der Waals surface area contributed by atoms with Crippen LogP contribution >= 0.6 is 15.9 Å². The van der Waals surface area contributed by atoms with Crippen molar-refractivity contribution < 1.29 is 4.79 Å². The number of rotatable bonds is 2. The van der Waals surface area contributed by atoms with Gasteiger partial charge >= 0.3 is 0 Å². The molecule has 0 spiro atoms. The quantitative estimate of drug-likeness (QED) is 0.781. The van der Waals surface area contributed by atoms with Gasteiger partial charge < -0.3 is 4.90 Å². The largest absolute Gasteiger partial charge is 0.336 e. The molecule has 3 nitrogen and oxygen atoms in total. The van der Waals surface area contributed by atoms with Crippen LogP contribution in [0, 0.1) is 0 Å². The summed E-state index contributed by atoms with van der Waals surface area (Å²) >= 11 is 3.42. The van der Waals surface area contributed by atoms with Crippen LogP contribution in [-0.4, -0.2) is 47.9 Å². The van der Waals surface area contributed by atoms with Crippen LogP contribution in [0.25, 0.3) is 0 Å². The molecule has 0 bridgehead atoms. The van der Waals surface area contributed by atoms with E-state index in [1.807, 2.05) is 29.2 Å². The van der Waals surface area contributed by atoms with Gasteiger partial charge in [0.05, 0.1) is 0 Å². The number of likely N-dealkylation sites (N-methyl/N-ethyl adjacent to an activating group) is 1. The van der Waals surface area contributed by atoms with Crippen molar-refractivity contribution in [2.24, 2.45) is 0 Å². The number of alkyl halides is 1. The molecule has 0 saturated carbocycles. The van der Waals surface area contributed by atoms with E-state index in [1.165, 1.54) is 5.56 Å². The van der Waals surface area contributed by atoms with E-state index in [9.17, 15) is 4.79 Å². The third-order valence-corrected chi connectivity index (χ3v) is 4.61. The minimum Gasteiger partial charge on any atom is -0.336 e. The molecule has 1 aliphatic rings. The molecule has 0 N–H and O–H groups in total. The molecule has 19 heavy (non-hydrogen) atoms. The van der Waals surface area contributed by atoms with Crippen LogP contribution in [0.15, 0.2) is 24.3 Å². The molecule has 0 unspecified atom stereocenters. The Bertz CT molecular complexity index is 456. The zero-order valence-electron chi connectivity index (χ0n) is 11.8. The summed E-state index contributed by atoms with van der Waals surface area (Å²) in [4.78, 5) is 16.8. The zero-order valence-corrected chi connectivity index (χ0v) is 13.4. The van der Waals surface area contributed by atoms with Crippen LogP contribution in [0.4, 0.5) is 0 Å². The number of halogens is 1. The Balaban J connectivity index is 2.11. The summed E-state index contributed by atoms with van der Waals surface area (Å²) in [7, 11) is 2.12. The van der Waals surface area contributed by atoms with Gasteiger partial charge in [-0.25, -0.2) is 0 Å². The van der Waals surface area contributed by atoms with E-state index in [0.717, 1.165) is 30.5 Å². The highest BCUT2D eigenvalue weighted by atomic mass is 79.9. The van der Waals surface area contributed by atoms with Crippen molar-refractivity contribution in [3.05, 3.63) is 35.4 Å². The fraction of sp³-hybridized carbons (Fsp3) is 0.533. The van der Waals surface area contributed by atoms with Crippen LogP contribution in [0.5, 0.6) is 0 Å². The summed E-state index contributed by atoms with van der Waals surface area (Å²) < 4.78 is 0. The van der Waals surface area contributed by atoms with Crippen LogP contribution in [0.1, 0.15) is 29.8 Å². The molecule has 4 heteroatoms. The van der Waals surface area contributed by atoms with E-state index in [-0.39, 0.29) is 11.4 Å². The normalized spacial score (nSPS) is 19.5. The maximum absolute atomic E-state index is 12.5. The number of nitrogens with zero attached hydrogens (tertiary/aromatic N) is 2. The van der Waals surface area contributed by atoms with Crippen LogP contribution in [0.2, 0.25) is 0 Å². The molecule has 1 fully saturated rings. The highest BCUT2D eigenvalue weighted by Gasteiger charge is 2.33. The van der Waals surface area contributed by atoms with Gasteiger partial charge in [0.15, 0.2) is 0 Å². The van der Waals surface area contributed by atoms with Crippen LogP contribution in [0.3, 0.4) is 0 Å². The average molecular weight is 325 g/mol. The number of hydrogen-bond acceptors (Lipinski definition) is 2. The van der Waals surface area contributed by atoms with Gasteiger partial charge in [-0.3, -0.25) is 9.69 Å². The standard InChI is InChI=1S/C15H21BrN2O/c1-15(2)11-18(9-8-17(15)3)14(19)13-6-4-12(10-16)5-7-13/h4-7H,8-11H2,1-3H3. The zero-order chi connectivity index (χ0) is 14.0.